The Hall–Kier alpha value is -0.960. The quantitative estimate of drug-likeness (QED) is 0.794. The maximum absolute atomic E-state index is 14.1. The van der Waals surface area contributed by atoms with E-state index in [0.717, 1.165) is 25.8 Å². The first kappa shape index (κ1) is 15.4. The highest BCUT2D eigenvalue weighted by Gasteiger charge is 2.27. The van der Waals surface area contributed by atoms with Gasteiger partial charge in [-0.15, -0.1) is 0 Å². The summed E-state index contributed by atoms with van der Waals surface area (Å²) in [6.45, 7) is 5.13. The molecule has 1 nitrogen and oxygen atoms in total. The van der Waals surface area contributed by atoms with Crippen LogP contribution in [-0.4, -0.2) is 12.6 Å². The van der Waals surface area contributed by atoms with Gasteiger partial charge in [0.2, 0.25) is 0 Å². The summed E-state index contributed by atoms with van der Waals surface area (Å²) in [5.74, 6) is -0.0512. The van der Waals surface area contributed by atoms with Crippen molar-refractivity contribution in [3.05, 3.63) is 35.4 Å². The SMILES string of the molecule is CC(C)NCC1CCCCCC1c1cc(F)ccc1F. The van der Waals surface area contributed by atoms with E-state index in [1.54, 1.807) is 0 Å². The lowest BCUT2D eigenvalue weighted by Crippen LogP contribution is -2.31. The van der Waals surface area contributed by atoms with Crippen molar-refractivity contribution in [1.29, 1.82) is 0 Å². The van der Waals surface area contributed by atoms with Crippen LogP contribution in [0.2, 0.25) is 0 Å². The van der Waals surface area contributed by atoms with Crippen molar-refractivity contribution < 1.29 is 8.78 Å². The lowest BCUT2D eigenvalue weighted by Gasteiger charge is -2.27. The van der Waals surface area contributed by atoms with Crippen molar-refractivity contribution in [3.8, 4) is 0 Å². The standard InChI is InChI=1S/C17H25F2N/c1-12(2)20-11-13-6-4-3-5-7-15(13)16-10-14(18)8-9-17(16)19/h8-10,12-13,15,20H,3-7,11H2,1-2H3. The van der Waals surface area contributed by atoms with Crippen LogP contribution >= 0.6 is 0 Å². The van der Waals surface area contributed by atoms with Gasteiger partial charge < -0.3 is 5.32 Å². The van der Waals surface area contributed by atoms with Crippen LogP contribution in [0.25, 0.3) is 0 Å². The first-order valence-electron chi connectivity index (χ1n) is 7.76. The van der Waals surface area contributed by atoms with E-state index in [1.807, 2.05) is 0 Å². The van der Waals surface area contributed by atoms with Crippen molar-refractivity contribution in [2.45, 2.75) is 57.9 Å². The number of rotatable bonds is 4. The molecule has 1 aliphatic carbocycles. The second-order valence-corrected chi connectivity index (χ2v) is 6.23. The Labute approximate surface area is 120 Å². The van der Waals surface area contributed by atoms with Gasteiger partial charge in [0.15, 0.2) is 0 Å². The second kappa shape index (κ2) is 7.16. The third kappa shape index (κ3) is 4.02. The van der Waals surface area contributed by atoms with E-state index in [1.165, 1.54) is 31.0 Å². The number of nitrogens with one attached hydrogen (secondary N) is 1. The lowest BCUT2D eigenvalue weighted by molar-refractivity contribution is 0.354. The van der Waals surface area contributed by atoms with E-state index in [0.29, 0.717) is 17.5 Å². The second-order valence-electron chi connectivity index (χ2n) is 6.23. The molecular formula is C17H25F2N. The molecule has 1 N–H and O–H groups in total. The molecule has 2 atom stereocenters. The van der Waals surface area contributed by atoms with Crippen LogP contribution < -0.4 is 5.32 Å². The number of halogens is 2. The molecule has 112 valence electrons. The van der Waals surface area contributed by atoms with E-state index in [2.05, 4.69) is 19.2 Å². The maximum atomic E-state index is 14.1. The molecule has 2 unspecified atom stereocenters. The van der Waals surface area contributed by atoms with E-state index in [-0.39, 0.29) is 17.6 Å². The fraction of sp³-hybridized carbons (Fsp3) is 0.647. The van der Waals surface area contributed by atoms with Gasteiger partial charge in [0, 0.05) is 6.04 Å². The summed E-state index contributed by atoms with van der Waals surface area (Å²) in [6, 6.07) is 4.30. The van der Waals surface area contributed by atoms with Gasteiger partial charge >= 0.3 is 0 Å². The molecule has 0 saturated heterocycles. The minimum absolute atomic E-state index is 0.138. The van der Waals surface area contributed by atoms with Crippen LogP contribution in [0, 0.1) is 17.6 Å². The van der Waals surface area contributed by atoms with Crippen molar-refractivity contribution in [1.82, 2.24) is 5.32 Å². The van der Waals surface area contributed by atoms with Crippen LogP contribution in [0.1, 0.15) is 57.4 Å². The fourth-order valence-corrected chi connectivity index (χ4v) is 3.22. The zero-order chi connectivity index (χ0) is 14.5. The first-order chi connectivity index (χ1) is 9.58. The zero-order valence-electron chi connectivity index (χ0n) is 12.5. The van der Waals surface area contributed by atoms with Gasteiger partial charge in [0.05, 0.1) is 0 Å². The highest BCUT2D eigenvalue weighted by atomic mass is 19.1. The molecular weight excluding hydrogens is 256 g/mol. The Morgan fingerprint density at radius 1 is 1.15 bits per heavy atom. The molecule has 0 aromatic heterocycles. The molecule has 1 aromatic rings. The molecule has 1 aliphatic rings. The average Bonchev–Trinajstić information content (AvgIpc) is 2.64. The van der Waals surface area contributed by atoms with E-state index in [9.17, 15) is 8.78 Å². The molecule has 0 aliphatic heterocycles. The third-order valence-electron chi connectivity index (χ3n) is 4.30. The van der Waals surface area contributed by atoms with Crippen LogP contribution in [0.3, 0.4) is 0 Å². The number of hydrogen-bond acceptors (Lipinski definition) is 1. The molecule has 1 saturated carbocycles. The molecule has 2 rings (SSSR count). The summed E-state index contributed by atoms with van der Waals surface area (Å²) in [6.07, 6.45) is 5.56. The van der Waals surface area contributed by atoms with E-state index in [4.69, 9.17) is 0 Å². The molecule has 0 amide bonds. The molecule has 1 aromatic carbocycles. The van der Waals surface area contributed by atoms with Gasteiger partial charge in [0.25, 0.3) is 0 Å². The van der Waals surface area contributed by atoms with Gasteiger partial charge in [-0.3, -0.25) is 0 Å². The normalized spacial score (nSPS) is 23.9. The summed E-state index contributed by atoms with van der Waals surface area (Å²) in [7, 11) is 0. The molecule has 0 spiro atoms. The van der Waals surface area contributed by atoms with Gasteiger partial charge in [-0.25, -0.2) is 8.78 Å². The summed E-state index contributed by atoms with van der Waals surface area (Å²) in [5.41, 5.74) is 0.572. The van der Waals surface area contributed by atoms with E-state index < -0.39 is 0 Å². The van der Waals surface area contributed by atoms with Gasteiger partial charge in [0.1, 0.15) is 11.6 Å². The number of benzene rings is 1. The van der Waals surface area contributed by atoms with Crippen molar-refractivity contribution in [2.75, 3.05) is 6.54 Å². The van der Waals surface area contributed by atoms with E-state index >= 15 is 0 Å². The summed E-state index contributed by atoms with van der Waals surface area (Å²) >= 11 is 0. The Kier molecular flexibility index (Phi) is 5.53. The zero-order valence-corrected chi connectivity index (χ0v) is 12.5. The van der Waals surface area contributed by atoms with Crippen LogP contribution in [0.5, 0.6) is 0 Å². The average molecular weight is 281 g/mol. The van der Waals surface area contributed by atoms with Crippen LogP contribution in [0.4, 0.5) is 8.78 Å². The van der Waals surface area contributed by atoms with Crippen LogP contribution in [-0.2, 0) is 0 Å². The Balaban J connectivity index is 2.20. The fourth-order valence-electron chi connectivity index (χ4n) is 3.22. The predicted molar refractivity (Wildman–Crippen MR) is 78.8 cm³/mol. The summed E-state index contributed by atoms with van der Waals surface area (Å²) < 4.78 is 27.5. The van der Waals surface area contributed by atoms with Crippen molar-refractivity contribution in [2.24, 2.45) is 5.92 Å². The third-order valence-corrected chi connectivity index (χ3v) is 4.30. The lowest BCUT2D eigenvalue weighted by atomic mass is 9.82. The summed E-state index contributed by atoms with van der Waals surface area (Å²) in [5, 5.41) is 3.46. The number of hydrogen-bond donors (Lipinski definition) is 1. The maximum Gasteiger partial charge on any atom is 0.126 e. The molecule has 20 heavy (non-hydrogen) atoms. The molecule has 0 heterocycles. The van der Waals surface area contributed by atoms with Crippen molar-refractivity contribution >= 4 is 0 Å². The molecule has 3 heteroatoms. The van der Waals surface area contributed by atoms with Gasteiger partial charge in [-0.2, -0.15) is 0 Å². The molecule has 1 fully saturated rings. The minimum atomic E-state index is -0.332. The topological polar surface area (TPSA) is 12.0 Å². The largest absolute Gasteiger partial charge is 0.314 e. The highest BCUT2D eigenvalue weighted by molar-refractivity contribution is 5.24. The minimum Gasteiger partial charge on any atom is -0.314 e. The van der Waals surface area contributed by atoms with Crippen LogP contribution in [0.15, 0.2) is 18.2 Å². The Morgan fingerprint density at radius 3 is 2.65 bits per heavy atom. The van der Waals surface area contributed by atoms with Gasteiger partial charge in [-0.05, 0) is 55.0 Å². The summed E-state index contributed by atoms with van der Waals surface area (Å²) in [4.78, 5) is 0. The van der Waals surface area contributed by atoms with Gasteiger partial charge in [-0.1, -0.05) is 33.1 Å². The Morgan fingerprint density at radius 2 is 1.90 bits per heavy atom. The smallest absolute Gasteiger partial charge is 0.126 e. The first-order valence-corrected chi connectivity index (χ1v) is 7.76. The predicted octanol–water partition coefficient (Wildman–Crippen LogP) is 4.63. The molecule has 0 bridgehead atoms. The Bertz CT molecular complexity index is 431. The monoisotopic (exact) mass is 281 g/mol. The molecule has 0 radical (unpaired) electrons. The van der Waals surface area contributed by atoms with Crippen molar-refractivity contribution in [3.63, 3.8) is 0 Å². The highest BCUT2D eigenvalue weighted by Crippen LogP contribution is 2.37.